The Kier molecular flexibility index (Phi) is 7.48. The highest BCUT2D eigenvalue weighted by atomic mass is 79.9. The number of rotatable bonds is 6. The van der Waals surface area contributed by atoms with E-state index in [1.165, 1.54) is 19.2 Å². The van der Waals surface area contributed by atoms with E-state index in [-0.39, 0.29) is 18.4 Å². The summed E-state index contributed by atoms with van der Waals surface area (Å²) in [6, 6.07) is 8.46. The summed E-state index contributed by atoms with van der Waals surface area (Å²) in [5.74, 6) is -1.28. The van der Waals surface area contributed by atoms with Gasteiger partial charge in [-0.05, 0) is 35.4 Å². The van der Waals surface area contributed by atoms with Crippen LogP contribution in [-0.2, 0) is 33.3 Å². The van der Waals surface area contributed by atoms with Crippen LogP contribution >= 0.6 is 27.5 Å². The van der Waals surface area contributed by atoms with Gasteiger partial charge in [0.25, 0.3) is 0 Å². The van der Waals surface area contributed by atoms with Gasteiger partial charge in [-0.1, -0.05) is 45.7 Å². The standard InChI is InChI=1S/C19H16BrClF3NO3/c1-28-18(27)16(10-12-9-14(21)5-6-15(12)20)25-17(26)8-11-3-2-4-13(7-11)19(22,23)24/h2-7,9,16H,8,10H2,1H3,(H,25,26)/t16-/m0/s1. The van der Waals surface area contributed by atoms with Gasteiger partial charge < -0.3 is 10.1 Å². The lowest BCUT2D eigenvalue weighted by Gasteiger charge is -2.18. The van der Waals surface area contributed by atoms with Gasteiger partial charge in [-0.15, -0.1) is 0 Å². The number of amides is 1. The van der Waals surface area contributed by atoms with Gasteiger partial charge in [0.15, 0.2) is 0 Å². The van der Waals surface area contributed by atoms with E-state index in [4.69, 9.17) is 16.3 Å². The summed E-state index contributed by atoms with van der Waals surface area (Å²) in [7, 11) is 1.18. The summed E-state index contributed by atoms with van der Waals surface area (Å²) in [5, 5.41) is 2.97. The number of carbonyl (C=O) groups excluding carboxylic acids is 2. The molecular formula is C19H16BrClF3NO3. The molecule has 0 bridgehead atoms. The highest BCUT2D eigenvalue weighted by molar-refractivity contribution is 9.10. The third kappa shape index (κ3) is 6.24. The van der Waals surface area contributed by atoms with Crippen molar-refractivity contribution in [2.24, 2.45) is 0 Å². The van der Waals surface area contributed by atoms with E-state index < -0.39 is 29.7 Å². The normalized spacial score (nSPS) is 12.4. The number of hydrogen-bond acceptors (Lipinski definition) is 3. The first-order valence-corrected chi connectivity index (χ1v) is 9.24. The van der Waals surface area contributed by atoms with Crippen molar-refractivity contribution in [3.63, 3.8) is 0 Å². The van der Waals surface area contributed by atoms with Gasteiger partial charge in [-0.25, -0.2) is 4.79 Å². The lowest BCUT2D eigenvalue weighted by Crippen LogP contribution is -2.43. The predicted octanol–water partition coefficient (Wildman–Crippen LogP) is 4.56. The van der Waals surface area contributed by atoms with E-state index in [0.717, 1.165) is 12.1 Å². The average molecular weight is 479 g/mol. The maximum Gasteiger partial charge on any atom is 0.416 e. The molecule has 1 atom stereocenters. The fourth-order valence-electron chi connectivity index (χ4n) is 2.54. The number of ether oxygens (including phenoxy) is 1. The molecule has 2 aromatic rings. The molecule has 150 valence electrons. The Bertz CT molecular complexity index is 874. The number of methoxy groups -OCH3 is 1. The predicted molar refractivity (Wildman–Crippen MR) is 102 cm³/mol. The van der Waals surface area contributed by atoms with Crippen molar-refractivity contribution in [2.75, 3.05) is 7.11 Å². The Labute approximate surface area is 173 Å². The number of carbonyl (C=O) groups is 2. The molecule has 0 radical (unpaired) electrons. The van der Waals surface area contributed by atoms with Crippen LogP contribution in [0.2, 0.25) is 5.02 Å². The molecule has 0 unspecified atom stereocenters. The van der Waals surface area contributed by atoms with Crippen molar-refractivity contribution in [3.8, 4) is 0 Å². The van der Waals surface area contributed by atoms with Gasteiger partial charge >= 0.3 is 12.1 Å². The van der Waals surface area contributed by atoms with E-state index in [1.54, 1.807) is 18.2 Å². The Morgan fingerprint density at radius 1 is 1.21 bits per heavy atom. The van der Waals surface area contributed by atoms with Crippen molar-refractivity contribution in [1.29, 1.82) is 0 Å². The number of hydrogen-bond donors (Lipinski definition) is 1. The van der Waals surface area contributed by atoms with Crippen molar-refractivity contribution in [3.05, 3.63) is 68.7 Å². The van der Waals surface area contributed by atoms with Crippen LogP contribution in [0.5, 0.6) is 0 Å². The number of benzene rings is 2. The van der Waals surface area contributed by atoms with Crippen LogP contribution in [0.4, 0.5) is 13.2 Å². The molecule has 0 spiro atoms. The minimum Gasteiger partial charge on any atom is -0.467 e. The molecule has 0 aromatic heterocycles. The van der Waals surface area contributed by atoms with Gasteiger partial charge in [0.1, 0.15) is 6.04 Å². The average Bonchev–Trinajstić information content (AvgIpc) is 2.63. The van der Waals surface area contributed by atoms with Crippen LogP contribution < -0.4 is 5.32 Å². The second kappa shape index (κ2) is 9.43. The zero-order valence-electron chi connectivity index (χ0n) is 14.6. The van der Waals surface area contributed by atoms with Crippen LogP contribution in [0.1, 0.15) is 16.7 Å². The minimum atomic E-state index is -4.50. The first-order valence-electron chi connectivity index (χ1n) is 8.07. The van der Waals surface area contributed by atoms with E-state index >= 15 is 0 Å². The fourth-order valence-corrected chi connectivity index (χ4v) is 3.15. The Morgan fingerprint density at radius 2 is 1.93 bits per heavy atom. The molecule has 2 rings (SSSR count). The number of nitrogens with one attached hydrogen (secondary N) is 1. The van der Waals surface area contributed by atoms with Crippen LogP contribution in [-0.4, -0.2) is 25.0 Å². The van der Waals surface area contributed by atoms with Crippen molar-refractivity contribution in [2.45, 2.75) is 25.1 Å². The van der Waals surface area contributed by atoms with Gasteiger partial charge in [0.2, 0.25) is 5.91 Å². The van der Waals surface area contributed by atoms with E-state index in [2.05, 4.69) is 21.2 Å². The highest BCUT2D eigenvalue weighted by Crippen LogP contribution is 2.29. The van der Waals surface area contributed by atoms with Crippen molar-refractivity contribution < 1.29 is 27.5 Å². The van der Waals surface area contributed by atoms with Crippen molar-refractivity contribution in [1.82, 2.24) is 5.32 Å². The maximum atomic E-state index is 12.8. The third-order valence-corrected chi connectivity index (χ3v) is 4.88. The number of halogens is 5. The first-order chi connectivity index (χ1) is 13.1. The number of esters is 1. The molecule has 0 aliphatic rings. The van der Waals surface area contributed by atoms with Crippen LogP contribution in [0.3, 0.4) is 0 Å². The molecule has 1 N–H and O–H groups in total. The monoisotopic (exact) mass is 477 g/mol. The summed E-state index contributed by atoms with van der Waals surface area (Å²) in [5.41, 5.74) is 0.00678. The molecule has 0 aliphatic carbocycles. The molecule has 2 aromatic carbocycles. The Hall–Kier alpha value is -2.06. The van der Waals surface area contributed by atoms with Gasteiger partial charge in [-0.2, -0.15) is 13.2 Å². The molecule has 1 amide bonds. The van der Waals surface area contributed by atoms with Crippen LogP contribution in [0.15, 0.2) is 46.9 Å². The van der Waals surface area contributed by atoms with Crippen molar-refractivity contribution >= 4 is 39.4 Å². The summed E-state index contributed by atoms with van der Waals surface area (Å²) in [6.07, 6.45) is -4.71. The molecule has 0 saturated heterocycles. The molecule has 0 heterocycles. The molecule has 0 fully saturated rings. The SMILES string of the molecule is COC(=O)[C@H](Cc1cc(Cl)ccc1Br)NC(=O)Cc1cccc(C(F)(F)F)c1. The second-order valence-electron chi connectivity index (χ2n) is 5.96. The van der Waals surface area contributed by atoms with Gasteiger partial charge in [0, 0.05) is 15.9 Å². The maximum absolute atomic E-state index is 12.8. The second-order valence-corrected chi connectivity index (χ2v) is 7.25. The number of alkyl halides is 3. The van der Waals surface area contributed by atoms with Crippen LogP contribution in [0, 0.1) is 0 Å². The first kappa shape index (κ1) is 22.2. The van der Waals surface area contributed by atoms with Crippen LogP contribution in [0.25, 0.3) is 0 Å². The highest BCUT2D eigenvalue weighted by Gasteiger charge is 2.30. The molecule has 0 aliphatic heterocycles. The molecule has 4 nitrogen and oxygen atoms in total. The lowest BCUT2D eigenvalue weighted by atomic mass is 10.0. The fraction of sp³-hybridized carbons (Fsp3) is 0.263. The summed E-state index contributed by atoms with van der Waals surface area (Å²) >= 11 is 9.31. The van der Waals surface area contributed by atoms with Gasteiger partial charge in [0.05, 0.1) is 19.1 Å². The van der Waals surface area contributed by atoms with E-state index in [9.17, 15) is 22.8 Å². The minimum absolute atomic E-state index is 0.0994. The largest absolute Gasteiger partial charge is 0.467 e. The van der Waals surface area contributed by atoms with Gasteiger partial charge in [-0.3, -0.25) is 4.79 Å². The smallest absolute Gasteiger partial charge is 0.416 e. The zero-order valence-corrected chi connectivity index (χ0v) is 17.0. The zero-order chi connectivity index (χ0) is 20.9. The third-order valence-electron chi connectivity index (χ3n) is 3.87. The lowest BCUT2D eigenvalue weighted by molar-refractivity contribution is -0.145. The van der Waals surface area contributed by atoms with E-state index in [1.807, 2.05) is 0 Å². The summed E-state index contributed by atoms with van der Waals surface area (Å²) < 4.78 is 43.8. The Balaban J connectivity index is 2.13. The molecule has 0 saturated carbocycles. The summed E-state index contributed by atoms with van der Waals surface area (Å²) in [6.45, 7) is 0. The van der Waals surface area contributed by atoms with E-state index in [0.29, 0.717) is 15.1 Å². The molecular weight excluding hydrogens is 463 g/mol. The summed E-state index contributed by atoms with van der Waals surface area (Å²) in [4.78, 5) is 24.4. The Morgan fingerprint density at radius 3 is 2.57 bits per heavy atom. The quantitative estimate of drug-likeness (QED) is 0.619. The molecule has 28 heavy (non-hydrogen) atoms. The molecule has 9 heteroatoms. The topological polar surface area (TPSA) is 55.4 Å².